The van der Waals surface area contributed by atoms with E-state index in [4.69, 9.17) is 10.5 Å². The number of carbonyl (C=O) groups excluding carboxylic acids is 3. The number of amides is 2. The van der Waals surface area contributed by atoms with Crippen molar-refractivity contribution in [2.24, 2.45) is 23.5 Å². The van der Waals surface area contributed by atoms with Crippen LogP contribution in [0.3, 0.4) is 0 Å². The maximum atomic E-state index is 13.3. The Morgan fingerprint density at radius 1 is 1.03 bits per heavy atom. The van der Waals surface area contributed by atoms with Crippen LogP contribution in [0.2, 0.25) is 0 Å². The molecule has 0 unspecified atom stereocenters. The summed E-state index contributed by atoms with van der Waals surface area (Å²) in [5.41, 5.74) is 10.3. The van der Waals surface area contributed by atoms with Gasteiger partial charge in [0, 0.05) is 5.92 Å². The van der Waals surface area contributed by atoms with Crippen LogP contribution in [0.1, 0.15) is 61.8 Å². The largest absolute Gasteiger partial charge is 0.443 e. The lowest BCUT2D eigenvalue weighted by Gasteiger charge is -2.26. The lowest BCUT2D eigenvalue weighted by atomic mass is 9.90. The predicted octanol–water partition coefficient (Wildman–Crippen LogP) is 3.05. The Morgan fingerprint density at radius 3 is 2.08 bits per heavy atom. The number of hydrazine groups is 1. The highest BCUT2D eigenvalue weighted by Gasteiger charge is 2.30. The quantitative estimate of drug-likeness (QED) is 0.296. The molecule has 0 aliphatic heterocycles. The summed E-state index contributed by atoms with van der Waals surface area (Å²) in [4.78, 5) is 38.3. The SMILES string of the molecule is CC(C)C[C@@H](C=C(N)S(=O)(=O)c1ccccc1)C(=O)[C@H](C)NC(=O)[C@@H](NNC(=O)OC(C)(C)C)C(C)C. The van der Waals surface area contributed by atoms with E-state index in [0.29, 0.717) is 6.42 Å². The van der Waals surface area contributed by atoms with Gasteiger partial charge in [0.2, 0.25) is 15.7 Å². The van der Waals surface area contributed by atoms with Crippen molar-refractivity contribution >= 4 is 27.6 Å². The Labute approximate surface area is 220 Å². The molecule has 0 bridgehead atoms. The maximum absolute atomic E-state index is 13.3. The minimum absolute atomic E-state index is 0.0317. The Hall–Kier alpha value is -2.92. The zero-order chi connectivity index (χ0) is 28.6. The molecule has 0 aliphatic carbocycles. The first-order chi connectivity index (χ1) is 17.0. The minimum atomic E-state index is -3.97. The molecule has 0 aliphatic rings. The van der Waals surface area contributed by atoms with Gasteiger partial charge in [-0.2, -0.15) is 0 Å². The van der Waals surface area contributed by atoms with Crippen LogP contribution < -0.4 is 21.9 Å². The average Bonchev–Trinajstić information content (AvgIpc) is 2.76. The molecule has 1 aromatic carbocycles. The molecule has 37 heavy (non-hydrogen) atoms. The Bertz CT molecular complexity index is 1060. The highest BCUT2D eigenvalue weighted by Crippen LogP contribution is 2.22. The van der Waals surface area contributed by atoms with Gasteiger partial charge < -0.3 is 15.8 Å². The third kappa shape index (κ3) is 10.5. The van der Waals surface area contributed by atoms with E-state index in [-0.39, 0.29) is 22.5 Å². The number of hydrogen-bond donors (Lipinski definition) is 4. The van der Waals surface area contributed by atoms with Crippen molar-refractivity contribution in [1.29, 1.82) is 0 Å². The van der Waals surface area contributed by atoms with Crippen molar-refractivity contribution in [3.63, 3.8) is 0 Å². The number of allylic oxidation sites excluding steroid dienone is 1. The molecule has 208 valence electrons. The van der Waals surface area contributed by atoms with E-state index in [9.17, 15) is 22.8 Å². The molecule has 1 aromatic rings. The van der Waals surface area contributed by atoms with E-state index in [2.05, 4.69) is 16.2 Å². The number of hydrogen-bond acceptors (Lipinski definition) is 8. The first kappa shape index (κ1) is 32.1. The van der Waals surface area contributed by atoms with Gasteiger partial charge in [0.25, 0.3) is 0 Å². The summed E-state index contributed by atoms with van der Waals surface area (Å²) in [5, 5.41) is 2.25. The van der Waals surface area contributed by atoms with Crippen molar-refractivity contribution in [2.45, 2.75) is 84.4 Å². The molecule has 10 nitrogen and oxygen atoms in total. The van der Waals surface area contributed by atoms with Gasteiger partial charge >= 0.3 is 6.09 Å². The summed E-state index contributed by atoms with van der Waals surface area (Å²) in [5.74, 6) is -1.90. The first-order valence-electron chi connectivity index (χ1n) is 12.3. The summed E-state index contributed by atoms with van der Waals surface area (Å²) in [6.07, 6.45) is 0.860. The van der Waals surface area contributed by atoms with E-state index < -0.39 is 50.5 Å². The van der Waals surface area contributed by atoms with Crippen molar-refractivity contribution in [3.8, 4) is 0 Å². The van der Waals surface area contributed by atoms with Gasteiger partial charge in [-0.1, -0.05) is 45.9 Å². The van der Waals surface area contributed by atoms with Crippen molar-refractivity contribution in [2.75, 3.05) is 0 Å². The lowest BCUT2D eigenvalue weighted by Crippen LogP contribution is -2.57. The number of rotatable bonds is 12. The Kier molecular flexibility index (Phi) is 11.8. The third-order valence-electron chi connectivity index (χ3n) is 5.28. The summed E-state index contributed by atoms with van der Waals surface area (Å²) >= 11 is 0. The number of nitrogens with two attached hydrogens (primary N) is 1. The normalized spacial score (nSPS) is 15.1. The van der Waals surface area contributed by atoms with Crippen molar-refractivity contribution < 1.29 is 27.5 Å². The fraction of sp³-hybridized carbons (Fsp3) is 0.577. The van der Waals surface area contributed by atoms with Crippen LogP contribution in [0.15, 0.2) is 46.3 Å². The number of sulfone groups is 1. The maximum Gasteiger partial charge on any atom is 0.422 e. The zero-order valence-electron chi connectivity index (χ0n) is 23.0. The van der Waals surface area contributed by atoms with Gasteiger partial charge in [0.1, 0.15) is 16.7 Å². The van der Waals surface area contributed by atoms with Crippen LogP contribution in [-0.4, -0.2) is 43.9 Å². The molecular weight excluding hydrogens is 496 g/mol. The molecule has 0 saturated heterocycles. The molecule has 0 radical (unpaired) electrons. The van der Waals surface area contributed by atoms with Crippen molar-refractivity contribution in [1.82, 2.24) is 16.2 Å². The summed E-state index contributed by atoms with van der Waals surface area (Å²) in [7, 11) is -3.97. The van der Waals surface area contributed by atoms with Gasteiger partial charge in [0.05, 0.1) is 10.9 Å². The predicted molar refractivity (Wildman–Crippen MR) is 143 cm³/mol. The van der Waals surface area contributed by atoms with Gasteiger partial charge in [-0.25, -0.2) is 18.6 Å². The second-order valence-electron chi connectivity index (χ2n) is 10.7. The number of benzene rings is 1. The number of carbonyl (C=O) groups is 3. The highest BCUT2D eigenvalue weighted by atomic mass is 32.2. The highest BCUT2D eigenvalue weighted by molar-refractivity contribution is 7.95. The topological polar surface area (TPSA) is 157 Å². The summed E-state index contributed by atoms with van der Waals surface area (Å²) < 4.78 is 30.9. The van der Waals surface area contributed by atoms with Gasteiger partial charge in [-0.05, 0) is 64.2 Å². The zero-order valence-corrected chi connectivity index (χ0v) is 23.8. The van der Waals surface area contributed by atoms with E-state index in [1.54, 1.807) is 52.8 Å². The van der Waals surface area contributed by atoms with E-state index >= 15 is 0 Å². The molecule has 0 heterocycles. The fourth-order valence-corrected chi connectivity index (χ4v) is 4.60. The molecule has 0 saturated carbocycles. The fourth-order valence-electron chi connectivity index (χ4n) is 3.47. The van der Waals surface area contributed by atoms with Crippen LogP contribution in [0, 0.1) is 17.8 Å². The van der Waals surface area contributed by atoms with Crippen LogP contribution in [-0.2, 0) is 24.2 Å². The molecule has 0 spiro atoms. The molecule has 2 amide bonds. The van der Waals surface area contributed by atoms with E-state index in [1.165, 1.54) is 25.1 Å². The van der Waals surface area contributed by atoms with Crippen LogP contribution in [0.25, 0.3) is 0 Å². The minimum Gasteiger partial charge on any atom is -0.443 e. The first-order valence-corrected chi connectivity index (χ1v) is 13.8. The van der Waals surface area contributed by atoms with Crippen LogP contribution >= 0.6 is 0 Å². The second kappa shape index (κ2) is 13.6. The molecule has 1 rings (SSSR count). The molecule has 5 N–H and O–H groups in total. The second-order valence-corrected chi connectivity index (χ2v) is 12.7. The van der Waals surface area contributed by atoms with Gasteiger partial charge in [0.15, 0.2) is 5.78 Å². The van der Waals surface area contributed by atoms with Crippen LogP contribution in [0.4, 0.5) is 4.79 Å². The smallest absolute Gasteiger partial charge is 0.422 e. The van der Waals surface area contributed by atoms with Gasteiger partial charge in [-0.3, -0.25) is 15.0 Å². The molecule has 3 atom stereocenters. The van der Waals surface area contributed by atoms with E-state index in [1.807, 2.05) is 13.8 Å². The van der Waals surface area contributed by atoms with E-state index in [0.717, 1.165) is 0 Å². The monoisotopic (exact) mass is 538 g/mol. The molecule has 0 aromatic heterocycles. The van der Waals surface area contributed by atoms with Crippen LogP contribution in [0.5, 0.6) is 0 Å². The molecule has 11 heteroatoms. The van der Waals surface area contributed by atoms with Gasteiger partial charge in [-0.15, -0.1) is 0 Å². The summed E-state index contributed by atoms with van der Waals surface area (Å²) in [6.45, 7) is 14.0. The number of ketones is 1. The number of Topliss-reactive ketones (excluding diaryl/α,β-unsaturated/α-hetero) is 1. The Balaban J connectivity index is 3.03. The lowest BCUT2D eigenvalue weighted by molar-refractivity contribution is -0.130. The Morgan fingerprint density at radius 2 is 1.59 bits per heavy atom. The summed E-state index contributed by atoms with van der Waals surface area (Å²) in [6, 6.07) is 5.94. The number of ether oxygens (including phenoxy) is 1. The third-order valence-corrected chi connectivity index (χ3v) is 6.93. The molecular formula is C26H42N4O6S. The number of nitrogens with one attached hydrogen (secondary N) is 3. The molecule has 0 fully saturated rings. The average molecular weight is 539 g/mol. The van der Waals surface area contributed by atoms with Crippen molar-refractivity contribution in [3.05, 3.63) is 41.4 Å². The standard InChI is InChI=1S/C26H42N4O6S/c1-16(2)14-19(15-21(27)37(34,35)20-12-10-9-11-13-20)23(31)18(5)28-24(32)22(17(3)4)29-30-25(33)36-26(6,7)8/h9-13,15-19,22,29H,14,27H2,1-8H3,(H,28,32)(H,30,33)/t18-,19-,22-/m0/s1.